The third-order valence-corrected chi connectivity index (χ3v) is 7.97. The van der Waals surface area contributed by atoms with E-state index < -0.39 is 17.2 Å². The van der Waals surface area contributed by atoms with Gasteiger partial charge in [0.1, 0.15) is 23.1 Å². The summed E-state index contributed by atoms with van der Waals surface area (Å²) in [5, 5.41) is 0.0596. The lowest BCUT2D eigenvalue weighted by atomic mass is 10.1. The first-order valence-electron chi connectivity index (χ1n) is 12.5. The monoisotopic (exact) mass is 587 g/mol. The smallest absolute Gasteiger partial charge is 0.300 e. The van der Waals surface area contributed by atoms with Crippen molar-refractivity contribution in [2.75, 3.05) is 46.6 Å². The highest BCUT2D eigenvalue weighted by atomic mass is 35.5. The van der Waals surface area contributed by atoms with E-state index in [-0.39, 0.29) is 27.8 Å². The Kier molecular flexibility index (Phi) is 9.15. The third-order valence-electron chi connectivity index (χ3n) is 6.38. The summed E-state index contributed by atoms with van der Waals surface area (Å²) in [6.07, 6.45) is 4.75. The molecule has 1 aliphatic rings. The Labute approximate surface area is 238 Å². The number of fused-ring (bicyclic) bond motifs is 1. The Bertz CT molecular complexity index is 1550. The van der Waals surface area contributed by atoms with E-state index in [1.807, 2.05) is 12.1 Å². The molecule has 1 unspecified atom stereocenters. The highest BCUT2D eigenvalue weighted by molar-refractivity contribution is 7.89. The molecule has 210 valence electrons. The van der Waals surface area contributed by atoms with Crippen molar-refractivity contribution in [3.05, 3.63) is 81.7 Å². The maximum Gasteiger partial charge on any atom is 0.300 e. The summed E-state index contributed by atoms with van der Waals surface area (Å²) in [6, 6.07) is 9.07. The van der Waals surface area contributed by atoms with Crippen molar-refractivity contribution < 1.29 is 23.2 Å². The van der Waals surface area contributed by atoms with Crippen molar-refractivity contribution in [2.24, 2.45) is 0 Å². The van der Waals surface area contributed by atoms with Crippen LogP contribution in [0.2, 0.25) is 5.02 Å². The van der Waals surface area contributed by atoms with Gasteiger partial charge in [0.05, 0.1) is 44.4 Å². The van der Waals surface area contributed by atoms with E-state index in [1.165, 1.54) is 29.8 Å². The number of rotatable bonds is 10. The molecule has 0 radical (unpaired) electrons. The number of aromatic nitrogens is 3. The van der Waals surface area contributed by atoms with Crippen LogP contribution < -0.4 is 19.8 Å². The summed E-state index contributed by atoms with van der Waals surface area (Å²) in [5.41, 5.74) is 2.20. The first-order chi connectivity index (χ1) is 19.4. The third kappa shape index (κ3) is 6.54. The fourth-order valence-electron chi connectivity index (χ4n) is 4.25. The van der Waals surface area contributed by atoms with Crippen LogP contribution in [-0.4, -0.2) is 70.4 Å². The lowest BCUT2D eigenvalue weighted by molar-refractivity contribution is 0.0321. The van der Waals surface area contributed by atoms with Crippen LogP contribution in [0.3, 0.4) is 0 Å². The summed E-state index contributed by atoms with van der Waals surface area (Å²) in [6.45, 7) is 4.25. The molecule has 13 heteroatoms. The van der Waals surface area contributed by atoms with Gasteiger partial charge in [-0.15, -0.1) is 4.72 Å². The van der Waals surface area contributed by atoms with E-state index in [1.54, 1.807) is 18.5 Å². The number of pyridine rings is 2. The van der Waals surface area contributed by atoms with Crippen LogP contribution in [0.15, 0.2) is 64.7 Å². The molecule has 0 aliphatic carbocycles. The quantitative estimate of drug-likeness (QED) is 0.280. The number of hydrogen-bond acceptors (Lipinski definition) is 9. The molecule has 1 atom stereocenters. The van der Waals surface area contributed by atoms with Crippen molar-refractivity contribution in [3.63, 3.8) is 0 Å². The molecule has 0 bridgehead atoms. The average molecular weight is 588 g/mol. The van der Waals surface area contributed by atoms with Gasteiger partial charge < -0.3 is 18.8 Å². The molecule has 1 saturated heterocycles. The van der Waals surface area contributed by atoms with Crippen molar-refractivity contribution in [3.8, 4) is 22.8 Å². The van der Waals surface area contributed by atoms with Gasteiger partial charge >= 0.3 is 0 Å². The second-order valence-corrected chi connectivity index (χ2v) is 10.6. The van der Waals surface area contributed by atoms with Crippen LogP contribution >= 0.6 is 11.6 Å². The lowest BCUT2D eigenvalue weighted by Gasteiger charge is -2.26. The maximum absolute atomic E-state index is 13.4. The number of methoxy groups -OCH3 is 1. The number of hydrogen-bond donors (Lipinski definition) is 1. The molecular weight excluding hydrogens is 561 g/mol. The highest BCUT2D eigenvalue weighted by Gasteiger charge is 2.18. The standard InChI is InChI=1S/C27H27ClFN5O5S/c1-37-26-20(15-32-40(36)24-4-3-21(29)13-22(24)28)12-19(14-31-26)18-2-5-25-30-16-23(27(35)34(25)17-18)39-11-8-33-6-9-38-10-7-33/h2-5,12-14,16-17,32H,6-11,15H2,1H3. The minimum atomic E-state index is -1.70. The molecule has 1 N–H and O–H groups in total. The Morgan fingerprint density at radius 1 is 1.15 bits per heavy atom. The van der Waals surface area contributed by atoms with Crippen LogP contribution in [0.4, 0.5) is 4.39 Å². The molecule has 1 aromatic carbocycles. The zero-order chi connectivity index (χ0) is 28.1. The number of halogens is 2. The first-order valence-corrected chi connectivity index (χ1v) is 14.0. The fourth-order valence-corrected chi connectivity index (χ4v) is 5.50. The minimum Gasteiger partial charge on any atom is -0.593 e. The lowest BCUT2D eigenvalue weighted by Crippen LogP contribution is -2.38. The molecule has 0 spiro atoms. The van der Waals surface area contributed by atoms with E-state index in [0.29, 0.717) is 54.6 Å². The van der Waals surface area contributed by atoms with Crippen molar-refractivity contribution in [1.29, 1.82) is 0 Å². The van der Waals surface area contributed by atoms with Gasteiger partial charge in [0.2, 0.25) is 11.6 Å². The van der Waals surface area contributed by atoms with Gasteiger partial charge in [-0.25, -0.2) is 14.4 Å². The molecule has 1 aliphatic heterocycles. The number of ether oxygens (including phenoxy) is 3. The molecule has 10 nitrogen and oxygen atoms in total. The van der Waals surface area contributed by atoms with Crippen LogP contribution in [0.5, 0.6) is 11.6 Å². The largest absolute Gasteiger partial charge is 0.593 e. The molecule has 1 fully saturated rings. The predicted molar refractivity (Wildman–Crippen MR) is 149 cm³/mol. The summed E-state index contributed by atoms with van der Waals surface area (Å²) in [5.74, 6) is -0.00250. The van der Waals surface area contributed by atoms with E-state index in [9.17, 15) is 13.7 Å². The summed E-state index contributed by atoms with van der Waals surface area (Å²) >= 11 is 4.34. The van der Waals surface area contributed by atoms with Crippen LogP contribution in [-0.2, 0) is 22.6 Å². The number of nitrogens with zero attached hydrogens (tertiary/aromatic N) is 4. The van der Waals surface area contributed by atoms with E-state index in [0.717, 1.165) is 19.2 Å². The van der Waals surface area contributed by atoms with E-state index in [2.05, 4.69) is 19.6 Å². The zero-order valence-electron chi connectivity index (χ0n) is 21.6. The molecule has 4 heterocycles. The van der Waals surface area contributed by atoms with Gasteiger partial charge in [0.25, 0.3) is 5.56 Å². The van der Waals surface area contributed by atoms with Gasteiger partial charge in [-0.05, 0) is 36.4 Å². The van der Waals surface area contributed by atoms with Gasteiger partial charge in [0.15, 0.2) is 4.90 Å². The Morgan fingerprint density at radius 2 is 1.98 bits per heavy atom. The summed E-state index contributed by atoms with van der Waals surface area (Å²) in [7, 11) is 1.49. The van der Waals surface area contributed by atoms with E-state index in [4.69, 9.17) is 25.8 Å². The van der Waals surface area contributed by atoms with Crippen molar-refractivity contribution in [1.82, 2.24) is 24.0 Å². The number of morpholine rings is 1. The van der Waals surface area contributed by atoms with Crippen LogP contribution in [0.1, 0.15) is 5.56 Å². The molecule has 40 heavy (non-hydrogen) atoms. The Balaban J connectivity index is 1.34. The Hall–Kier alpha value is -3.26. The average Bonchev–Trinajstić information content (AvgIpc) is 2.97. The second-order valence-electron chi connectivity index (χ2n) is 8.93. The number of benzene rings is 1. The molecule has 3 aromatic heterocycles. The number of nitrogens with one attached hydrogen (secondary N) is 1. The van der Waals surface area contributed by atoms with Gasteiger partial charge in [0, 0.05) is 48.7 Å². The molecular formula is C27H27ClFN5O5S. The topological polar surface area (TPSA) is 113 Å². The Morgan fingerprint density at radius 3 is 2.75 bits per heavy atom. The summed E-state index contributed by atoms with van der Waals surface area (Å²) in [4.78, 5) is 24.4. The second kappa shape index (κ2) is 12.9. The molecule has 4 aromatic rings. The van der Waals surface area contributed by atoms with Crippen LogP contribution in [0.25, 0.3) is 16.8 Å². The summed E-state index contributed by atoms with van der Waals surface area (Å²) < 4.78 is 46.9. The molecule has 0 amide bonds. The van der Waals surface area contributed by atoms with E-state index >= 15 is 0 Å². The fraction of sp³-hybridized carbons (Fsp3) is 0.296. The van der Waals surface area contributed by atoms with Crippen molar-refractivity contribution >= 4 is 28.6 Å². The zero-order valence-corrected chi connectivity index (χ0v) is 23.2. The van der Waals surface area contributed by atoms with Gasteiger partial charge in [-0.3, -0.25) is 14.1 Å². The van der Waals surface area contributed by atoms with Gasteiger partial charge in [-0.2, -0.15) is 0 Å². The molecule has 0 saturated carbocycles. The van der Waals surface area contributed by atoms with Gasteiger partial charge in [-0.1, -0.05) is 11.6 Å². The van der Waals surface area contributed by atoms with Crippen molar-refractivity contribution in [2.45, 2.75) is 11.4 Å². The predicted octanol–water partition coefficient (Wildman–Crippen LogP) is 3.08. The highest BCUT2D eigenvalue weighted by Crippen LogP contribution is 2.26. The normalized spacial score (nSPS) is 14.8. The maximum atomic E-state index is 13.4. The first kappa shape index (κ1) is 28.3. The SMILES string of the molecule is COc1ncc(-c2ccc3ncc(OCCN4CCOCC4)c(=O)n3c2)cc1CN[S+]([O-])c1ccc(F)cc1Cl. The van der Waals surface area contributed by atoms with Crippen LogP contribution in [0, 0.1) is 5.82 Å². The molecule has 5 rings (SSSR count). The minimum absolute atomic E-state index is 0.0596.